The van der Waals surface area contributed by atoms with Crippen LogP contribution in [0.25, 0.3) is 0 Å². The number of amides is 1. The van der Waals surface area contributed by atoms with Crippen LogP contribution < -0.4 is 4.90 Å². The molecule has 1 atom stereocenters. The topological polar surface area (TPSA) is 61.6 Å². The van der Waals surface area contributed by atoms with Gasteiger partial charge in [0.1, 0.15) is 0 Å². The SMILES string of the molecule is CCCCN(CCCO)C1CCCN(c2cnn(C)c2)C1=O. The van der Waals surface area contributed by atoms with Crippen LogP contribution in [0.2, 0.25) is 0 Å². The Morgan fingerprint density at radius 1 is 1.41 bits per heavy atom. The van der Waals surface area contributed by atoms with Crippen LogP contribution >= 0.6 is 0 Å². The molecule has 1 saturated heterocycles. The molecule has 0 bridgehead atoms. The summed E-state index contributed by atoms with van der Waals surface area (Å²) < 4.78 is 1.73. The van der Waals surface area contributed by atoms with E-state index in [1.807, 2.05) is 18.1 Å². The van der Waals surface area contributed by atoms with Crippen LogP contribution in [-0.2, 0) is 11.8 Å². The molecule has 124 valence electrons. The fraction of sp³-hybridized carbons (Fsp3) is 0.750. The quantitative estimate of drug-likeness (QED) is 0.788. The molecule has 1 aromatic rings. The minimum absolute atomic E-state index is 0.0629. The molecule has 2 heterocycles. The highest BCUT2D eigenvalue weighted by molar-refractivity contribution is 5.97. The first-order chi connectivity index (χ1) is 10.7. The molecule has 1 fully saturated rings. The van der Waals surface area contributed by atoms with Crippen molar-refractivity contribution in [1.29, 1.82) is 0 Å². The van der Waals surface area contributed by atoms with Crippen LogP contribution in [0.1, 0.15) is 39.0 Å². The lowest BCUT2D eigenvalue weighted by Crippen LogP contribution is -2.53. The average molecular weight is 308 g/mol. The number of aliphatic hydroxyl groups excluding tert-OH is 1. The Morgan fingerprint density at radius 3 is 2.82 bits per heavy atom. The van der Waals surface area contributed by atoms with E-state index in [1.165, 1.54) is 0 Å². The summed E-state index contributed by atoms with van der Waals surface area (Å²) in [7, 11) is 1.87. The highest BCUT2D eigenvalue weighted by Crippen LogP contribution is 2.23. The third kappa shape index (κ3) is 4.08. The molecule has 1 aliphatic rings. The Balaban J connectivity index is 2.08. The molecular formula is C16H28N4O2. The smallest absolute Gasteiger partial charge is 0.244 e. The van der Waals surface area contributed by atoms with E-state index < -0.39 is 0 Å². The molecule has 6 heteroatoms. The summed E-state index contributed by atoms with van der Waals surface area (Å²) in [5.41, 5.74) is 0.884. The highest BCUT2D eigenvalue weighted by atomic mass is 16.3. The van der Waals surface area contributed by atoms with Crippen molar-refractivity contribution < 1.29 is 9.90 Å². The summed E-state index contributed by atoms with van der Waals surface area (Å²) in [5, 5.41) is 13.3. The van der Waals surface area contributed by atoms with Crippen LogP contribution in [0.5, 0.6) is 0 Å². The summed E-state index contributed by atoms with van der Waals surface area (Å²) in [6, 6.07) is -0.0629. The zero-order valence-corrected chi connectivity index (χ0v) is 13.7. The third-order valence-electron chi connectivity index (χ3n) is 4.26. The first-order valence-electron chi connectivity index (χ1n) is 8.32. The third-order valence-corrected chi connectivity index (χ3v) is 4.26. The molecule has 1 unspecified atom stereocenters. The van der Waals surface area contributed by atoms with Gasteiger partial charge in [0.05, 0.1) is 17.9 Å². The number of piperidine rings is 1. The second kappa shape index (κ2) is 8.29. The summed E-state index contributed by atoms with van der Waals surface area (Å²) in [6.45, 7) is 4.81. The van der Waals surface area contributed by atoms with Gasteiger partial charge < -0.3 is 10.0 Å². The average Bonchev–Trinajstić information content (AvgIpc) is 2.94. The van der Waals surface area contributed by atoms with Crippen molar-refractivity contribution in [1.82, 2.24) is 14.7 Å². The van der Waals surface area contributed by atoms with E-state index in [9.17, 15) is 4.79 Å². The number of carbonyl (C=O) groups excluding carboxylic acids is 1. The molecular weight excluding hydrogens is 280 g/mol. The van der Waals surface area contributed by atoms with Gasteiger partial charge in [-0.3, -0.25) is 14.4 Å². The van der Waals surface area contributed by atoms with E-state index in [1.54, 1.807) is 10.9 Å². The van der Waals surface area contributed by atoms with Crippen molar-refractivity contribution in [2.45, 2.75) is 45.1 Å². The number of aliphatic hydroxyl groups is 1. The predicted molar refractivity (Wildman–Crippen MR) is 86.8 cm³/mol. The lowest BCUT2D eigenvalue weighted by Gasteiger charge is -2.38. The molecule has 0 aliphatic carbocycles. The molecule has 1 N–H and O–H groups in total. The lowest BCUT2D eigenvalue weighted by molar-refractivity contribution is -0.125. The number of unbranched alkanes of at least 4 members (excludes halogenated alkanes) is 1. The van der Waals surface area contributed by atoms with E-state index in [4.69, 9.17) is 5.11 Å². The minimum Gasteiger partial charge on any atom is -0.396 e. The minimum atomic E-state index is -0.0629. The first kappa shape index (κ1) is 17.0. The zero-order valence-electron chi connectivity index (χ0n) is 13.7. The van der Waals surface area contributed by atoms with Gasteiger partial charge in [-0.1, -0.05) is 13.3 Å². The van der Waals surface area contributed by atoms with Gasteiger partial charge in [-0.05, 0) is 32.2 Å². The fourth-order valence-corrected chi connectivity index (χ4v) is 3.06. The summed E-state index contributed by atoms with van der Waals surface area (Å²) >= 11 is 0. The molecule has 0 aromatic carbocycles. The number of hydrogen-bond donors (Lipinski definition) is 1. The first-order valence-corrected chi connectivity index (χ1v) is 8.32. The lowest BCUT2D eigenvalue weighted by atomic mass is 10.0. The monoisotopic (exact) mass is 308 g/mol. The van der Waals surface area contributed by atoms with Crippen molar-refractivity contribution in [2.75, 3.05) is 31.1 Å². The molecule has 1 amide bonds. The van der Waals surface area contributed by atoms with Crippen LogP contribution in [-0.4, -0.2) is 58.0 Å². The van der Waals surface area contributed by atoms with Crippen molar-refractivity contribution in [3.63, 3.8) is 0 Å². The van der Waals surface area contributed by atoms with E-state index in [0.717, 1.165) is 57.4 Å². The molecule has 1 aliphatic heterocycles. The standard InChI is InChI=1S/C16H28N4O2/c1-3-4-8-19(9-6-11-21)15-7-5-10-20(16(15)22)14-12-17-18(2)13-14/h12-13,15,21H,3-11H2,1-2H3. The van der Waals surface area contributed by atoms with Crippen LogP contribution in [0.15, 0.2) is 12.4 Å². The highest BCUT2D eigenvalue weighted by Gasteiger charge is 2.33. The molecule has 0 spiro atoms. The van der Waals surface area contributed by atoms with E-state index in [2.05, 4.69) is 16.9 Å². The predicted octanol–water partition coefficient (Wildman–Crippen LogP) is 1.40. The number of aromatic nitrogens is 2. The van der Waals surface area contributed by atoms with Gasteiger partial charge in [0.25, 0.3) is 0 Å². The molecule has 1 aromatic heterocycles. The maximum atomic E-state index is 12.9. The van der Waals surface area contributed by atoms with Crippen molar-refractivity contribution in [2.24, 2.45) is 7.05 Å². The molecule has 6 nitrogen and oxygen atoms in total. The second-order valence-corrected chi connectivity index (χ2v) is 5.99. The molecule has 22 heavy (non-hydrogen) atoms. The van der Waals surface area contributed by atoms with Crippen molar-refractivity contribution in [3.05, 3.63) is 12.4 Å². The Kier molecular flexibility index (Phi) is 6.39. The molecule has 0 radical (unpaired) electrons. The summed E-state index contributed by atoms with van der Waals surface area (Å²) in [6.07, 6.45) is 8.48. The largest absolute Gasteiger partial charge is 0.396 e. The Bertz CT molecular complexity index is 466. The fourth-order valence-electron chi connectivity index (χ4n) is 3.06. The van der Waals surface area contributed by atoms with E-state index in [0.29, 0.717) is 0 Å². The Hall–Kier alpha value is -1.40. The van der Waals surface area contributed by atoms with E-state index >= 15 is 0 Å². The number of rotatable bonds is 8. The van der Waals surface area contributed by atoms with Gasteiger partial charge in [-0.15, -0.1) is 0 Å². The Labute approximate surface area is 132 Å². The summed E-state index contributed by atoms with van der Waals surface area (Å²) in [5.74, 6) is 0.174. The van der Waals surface area contributed by atoms with Gasteiger partial charge in [0, 0.05) is 32.9 Å². The number of aryl methyl sites for hydroxylation is 1. The maximum Gasteiger partial charge on any atom is 0.244 e. The van der Waals surface area contributed by atoms with Crippen LogP contribution in [0.4, 0.5) is 5.69 Å². The van der Waals surface area contributed by atoms with Crippen molar-refractivity contribution >= 4 is 11.6 Å². The van der Waals surface area contributed by atoms with Crippen molar-refractivity contribution in [3.8, 4) is 0 Å². The number of nitrogens with zero attached hydrogens (tertiary/aromatic N) is 4. The van der Waals surface area contributed by atoms with E-state index in [-0.39, 0.29) is 18.6 Å². The number of carbonyl (C=O) groups is 1. The van der Waals surface area contributed by atoms with Crippen LogP contribution in [0, 0.1) is 0 Å². The van der Waals surface area contributed by atoms with Gasteiger partial charge in [-0.25, -0.2) is 0 Å². The normalized spacial score (nSPS) is 19.2. The summed E-state index contributed by atoms with van der Waals surface area (Å²) in [4.78, 5) is 17.0. The van der Waals surface area contributed by atoms with Gasteiger partial charge in [0.15, 0.2) is 0 Å². The van der Waals surface area contributed by atoms with Crippen LogP contribution in [0.3, 0.4) is 0 Å². The number of anilines is 1. The van der Waals surface area contributed by atoms with Gasteiger partial charge >= 0.3 is 0 Å². The number of hydrogen-bond acceptors (Lipinski definition) is 4. The van der Waals surface area contributed by atoms with Gasteiger partial charge in [-0.2, -0.15) is 5.10 Å². The second-order valence-electron chi connectivity index (χ2n) is 5.99. The maximum absolute atomic E-state index is 12.9. The van der Waals surface area contributed by atoms with Gasteiger partial charge in [0.2, 0.25) is 5.91 Å². The zero-order chi connectivity index (χ0) is 15.9. The molecule has 0 saturated carbocycles. The Morgan fingerprint density at radius 2 is 2.18 bits per heavy atom. The molecule has 2 rings (SSSR count).